The molecule has 1 aromatic carbocycles. The van der Waals surface area contributed by atoms with E-state index in [-0.39, 0.29) is 24.2 Å². The minimum Gasteiger partial charge on any atom is -0.480 e. The van der Waals surface area contributed by atoms with Gasteiger partial charge in [0.1, 0.15) is 5.75 Å². The third-order valence-corrected chi connectivity index (χ3v) is 3.81. The lowest BCUT2D eigenvalue weighted by molar-refractivity contribution is -0.149. The Morgan fingerprint density at radius 3 is 2.89 bits per heavy atom. The SMILES string of the molecule is CC1CN(C(=O)C2Cc3ccccc3O2)C(C)CO1. The number of hydrogen-bond acceptors (Lipinski definition) is 3. The number of nitrogens with zero attached hydrogens (tertiary/aromatic N) is 1. The van der Waals surface area contributed by atoms with Crippen LogP contribution in [0.4, 0.5) is 0 Å². The minimum absolute atomic E-state index is 0.0823. The molecule has 0 bridgehead atoms. The molecule has 19 heavy (non-hydrogen) atoms. The first-order valence-corrected chi connectivity index (χ1v) is 6.82. The number of rotatable bonds is 1. The average Bonchev–Trinajstić information content (AvgIpc) is 2.84. The molecule has 1 amide bonds. The van der Waals surface area contributed by atoms with E-state index in [4.69, 9.17) is 9.47 Å². The highest BCUT2D eigenvalue weighted by Crippen LogP contribution is 2.29. The Bertz CT molecular complexity index is 463. The molecule has 0 saturated carbocycles. The summed E-state index contributed by atoms with van der Waals surface area (Å²) in [4.78, 5) is 14.5. The van der Waals surface area contributed by atoms with Crippen LogP contribution in [-0.4, -0.2) is 42.2 Å². The minimum atomic E-state index is -0.370. The van der Waals surface area contributed by atoms with Crippen molar-refractivity contribution in [2.75, 3.05) is 13.2 Å². The van der Waals surface area contributed by atoms with E-state index >= 15 is 0 Å². The normalized spacial score (nSPS) is 29.8. The molecule has 4 heteroatoms. The highest BCUT2D eigenvalue weighted by atomic mass is 16.5. The third kappa shape index (κ3) is 2.32. The maximum absolute atomic E-state index is 12.6. The van der Waals surface area contributed by atoms with E-state index in [9.17, 15) is 4.79 Å². The standard InChI is InChI=1S/C15H19NO3/c1-10-9-18-11(2)8-16(10)15(17)14-7-12-5-3-4-6-13(12)19-14/h3-6,10-11,14H,7-9H2,1-2H3. The van der Waals surface area contributed by atoms with Crippen molar-refractivity contribution in [1.82, 2.24) is 4.90 Å². The number of hydrogen-bond donors (Lipinski definition) is 0. The third-order valence-electron chi connectivity index (χ3n) is 3.81. The van der Waals surface area contributed by atoms with Crippen LogP contribution in [0, 0.1) is 0 Å². The smallest absolute Gasteiger partial charge is 0.264 e. The predicted octanol–water partition coefficient (Wildman–Crippen LogP) is 1.63. The molecule has 3 atom stereocenters. The number of para-hydroxylation sites is 1. The number of benzene rings is 1. The molecule has 0 aliphatic carbocycles. The maximum atomic E-state index is 12.6. The van der Waals surface area contributed by atoms with E-state index < -0.39 is 0 Å². The van der Waals surface area contributed by atoms with Gasteiger partial charge in [-0.15, -0.1) is 0 Å². The van der Waals surface area contributed by atoms with Crippen LogP contribution in [-0.2, 0) is 16.0 Å². The number of morpholine rings is 1. The van der Waals surface area contributed by atoms with Crippen molar-refractivity contribution in [3.8, 4) is 5.75 Å². The Morgan fingerprint density at radius 1 is 1.32 bits per heavy atom. The van der Waals surface area contributed by atoms with Crippen LogP contribution in [0.25, 0.3) is 0 Å². The zero-order valence-electron chi connectivity index (χ0n) is 11.3. The van der Waals surface area contributed by atoms with Crippen LogP contribution in [0.1, 0.15) is 19.4 Å². The quantitative estimate of drug-likeness (QED) is 0.771. The second-order valence-corrected chi connectivity index (χ2v) is 5.40. The molecule has 2 aliphatic rings. The van der Waals surface area contributed by atoms with Gasteiger partial charge < -0.3 is 14.4 Å². The molecular formula is C15H19NO3. The van der Waals surface area contributed by atoms with Crippen molar-refractivity contribution in [3.05, 3.63) is 29.8 Å². The number of carbonyl (C=O) groups is 1. The van der Waals surface area contributed by atoms with Crippen LogP contribution < -0.4 is 4.74 Å². The fraction of sp³-hybridized carbons (Fsp3) is 0.533. The summed E-state index contributed by atoms with van der Waals surface area (Å²) >= 11 is 0. The van der Waals surface area contributed by atoms with E-state index in [1.54, 1.807) is 0 Å². The van der Waals surface area contributed by atoms with Crippen molar-refractivity contribution < 1.29 is 14.3 Å². The molecule has 0 N–H and O–H groups in total. The van der Waals surface area contributed by atoms with Crippen LogP contribution >= 0.6 is 0 Å². The molecule has 1 fully saturated rings. The Morgan fingerprint density at radius 2 is 2.11 bits per heavy atom. The number of fused-ring (bicyclic) bond motifs is 1. The Balaban J connectivity index is 1.72. The largest absolute Gasteiger partial charge is 0.480 e. The van der Waals surface area contributed by atoms with Gasteiger partial charge in [-0.1, -0.05) is 18.2 Å². The topological polar surface area (TPSA) is 38.8 Å². The Kier molecular flexibility index (Phi) is 3.19. The summed E-state index contributed by atoms with van der Waals surface area (Å²) in [5.74, 6) is 0.925. The van der Waals surface area contributed by atoms with E-state index in [0.29, 0.717) is 19.6 Å². The summed E-state index contributed by atoms with van der Waals surface area (Å²) in [5.41, 5.74) is 1.12. The maximum Gasteiger partial charge on any atom is 0.264 e. The molecule has 0 radical (unpaired) electrons. The average molecular weight is 261 g/mol. The second-order valence-electron chi connectivity index (χ2n) is 5.40. The molecule has 1 aromatic rings. The summed E-state index contributed by atoms with van der Waals surface area (Å²) in [6.45, 7) is 5.27. The van der Waals surface area contributed by atoms with Gasteiger partial charge in [0.05, 0.1) is 18.8 Å². The molecule has 102 valence electrons. The van der Waals surface area contributed by atoms with E-state index in [1.165, 1.54) is 0 Å². The van der Waals surface area contributed by atoms with E-state index in [1.807, 2.05) is 43.0 Å². The number of ether oxygens (including phenoxy) is 2. The van der Waals surface area contributed by atoms with Crippen LogP contribution in [0.2, 0.25) is 0 Å². The van der Waals surface area contributed by atoms with Crippen LogP contribution in [0.3, 0.4) is 0 Å². The van der Waals surface area contributed by atoms with Crippen molar-refractivity contribution in [2.24, 2.45) is 0 Å². The van der Waals surface area contributed by atoms with Crippen molar-refractivity contribution in [2.45, 2.75) is 38.5 Å². The zero-order chi connectivity index (χ0) is 13.4. The van der Waals surface area contributed by atoms with Crippen molar-refractivity contribution >= 4 is 5.91 Å². The Hall–Kier alpha value is -1.55. The van der Waals surface area contributed by atoms with Crippen LogP contribution in [0.5, 0.6) is 5.75 Å². The fourth-order valence-electron chi connectivity index (χ4n) is 2.72. The monoisotopic (exact) mass is 261 g/mol. The van der Waals surface area contributed by atoms with Crippen molar-refractivity contribution in [3.63, 3.8) is 0 Å². The molecule has 1 saturated heterocycles. The van der Waals surface area contributed by atoms with Gasteiger partial charge in [-0.3, -0.25) is 4.79 Å². The van der Waals surface area contributed by atoms with Gasteiger partial charge in [0.2, 0.25) is 0 Å². The molecule has 2 heterocycles. The summed E-state index contributed by atoms with van der Waals surface area (Å²) in [5, 5.41) is 0. The van der Waals surface area contributed by atoms with Gasteiger partial charge in [0.25, 0.3) is 5.91 Å². The molecule has 3 rings (SSSR count). The van der Waals surface area contributed by atoms with Crippen molar-refractivity contribution in [1.29, 1.82) is 0 Å². The van der Waals surface area contributed by atoms with Gasteiger partial charge in [0.15, 0.2) is 6.10 Å². The first kappa shape index (κ1) is 12.5. The first-order valence-electron chi connectivity index (χ1n) is 6.82. The lowest BCUT2D eigenvalue weighted by Gasteiger charge is -2.37. The second kappa shape index (κ2) is 4.85. The van der Waals surface area contributed by atoms with Gasteiger partial charge in [-0.25, -0.2) is 0 Å². The predicted molar refractivity (Wildman–Crippen MR) is 71.2 cm³/mol. The first-order chi connectivity index (χ1) is 9.15. The Labute approximate surface area is 113 Å². The molecule has 4 nitrogen and oxygen atoms in total. The molecule has 0 spiro atoms. The van der Waals surface area contributed by atoms with Gasteiger partial charge in [-0.05, 0) is 25.5 Å². The molecule has 3 unspecified atom stereocenters. The fourth-order valence-corrected chi connectivity index (χ4v) is 2.72. The van der Waals surface area contributed by atoms with Crippen LogP contribution in [0.15, 0.2) is 24.3 Å². The number of carbonyl (C=O) groups excluding carboxylic acids is 1. The summed E-state index contributed by atoms with van der Waals surface area (Å²) in [6, 6.07) is 7.98. The summed E-state index contributed by atoms with van der Waals surface area (Å²) in [6.07, 6.45) is 0.405. The van der Waals surface area contributed by atoms with Gasteiger partial charge in [0, 0.05) is 13.0 Å². The lowest BCUT2D eigenvalue weighted by atomic mass is 10.1. The molecule has 2 aliphatic heterocycles. The van der Waals surface area contributed by atoms with E-state index in [0.717, 1.165) is 11.3 Å². The highest BCUT2D eigenvalue weighted by Gasteiger charge is 2.36. The summed E-state index contributed by atoms with van der Waals surface area (Å²) < 4.78 is 11.3. The summed E-state index contributed by atoms with van der Waals surface area (Å²) in [7, 11) is 0. The zero-order valence-corrected chi connectivity index (χ0v) is 11.3. The number of amides is 1. The van der Waals surface area contributed by atoms with Gasteiger partial charge in [-0.2, -0.15) is 0 Å². The van der Waals surface area contributed by atoms with Gasteiger partial charge >= 0.3 is 0 Å². The highest BCUT2D eigenvalue weighted by molar-refractivity contribution is 5.83. The molecule has 0 aromatic heterocycles. The lowest BCUT2D eigenvalue weighted by Crippen LogP contribution is -2.54. The molecular weight excluding hydrogens is 242 g/mol. The van der Waals surface area contributed by atoms with E-state index in [2.05, 4.69) is 0 Å².